The van der Waals surface area contributed by atoms with Gasteiger partial charge < -0.3 is 10.2 Å². The number of nitrogens with zero attached hydrogens (tertiary/aromatic N) is 1. The van der Waals surface area contributed by atoms with Crippen LogP contribution in [0.2, 0.25) is 0 Å². The van der Waals surface area contributed by atoms with Crippen LogP contribution in [0.15, 0.2) is 47.4 Å². The molecule has 1 aliphatic heterocycles. The Bertz CT molecular complexity index is 1170. The maximum Gasteiger partial charge on any atom is 0.230 e. The van der Waals surface area contributed by atoms with Crippen molar-refractivity contribution in [1.82, 2.24) is 5.32 Å². The lowest BCUT2D eigenvalue weighted by Crippen LogP contribution is -2.32. The Hall–Kier alpha value is -2.67. The fraction of sp³-hybridized carbons (Fsp3) is 0.440. The molecular formula is C25H28N2O4S. The number of hydrogen-bond acceptors (Lipinski definition) is 4. The molecule has 2 amide bonds. The number of carbonyl (C=O) groups excluding carboxylic acids is 2. The van der Waals surface area contributed by atoms with Crippen molar-refractivity contribution in [3.63, 3.8) is 0 Å². The van der Waals surface area contributed by atoms with Crippen molar-refractivity contribution < 1.29 is 18.0 Å². The first-order chi connectivity index (χ1) is 15.4. The third-order valence-electron chi connectivity index (χ3n) is 6.80. The molecule has 3 aliphatic rings. The van der Waals surface area contributed by atoms with Crippen LogP contribution in [0.3, 0.4) is 0 Å². The van der Waals surface area contributed by atoms with Gasteiger partial charge in [0.05, 0.1) is 16.7 Å². The number of anilines is 1. The van der Waals surface area contributed by atoms with Gasteiger partial charge >= 0.3 is 0 Å². The summed E-state index contributed by atoms with van der Waals surface area (Å²) in [6.45, 7) is 0.611. The fourth-order valence-corrected chi connectivity index (χ4v) is 6.15. The van der Waals surface area contributed by atoms with Gasteiger partial charge in [-0.05, 0) is 73.4 Å². The van der Waals surface area contributed by atoms with Gasteiger partial charge in [0.2, 0.25) is 11.8 Å². The summed E-state index contributed by atoms with van der Waals surface area (Å²) in [5.41, 5.74) is 4.11. The molecule has 5 rings (SSSR count). The molecule has 1 saturated carbocycles. The molecule has 0 aromatic heterocycles. The molecule has 2 aliphatic carbocycles. The fourth-order valence-electron chi connectivity index (χ4n) is 4.87. The largest absolute Gasteiger partial charge is 0.349 e. The third-order valence-corrected chi connectivity index (χ3v) is 8.51. The van der Waals surface area contributed by atoms with E-state index in [0.29, 0.717) is 13.0 Å². The Morgan fingerprint density at radius 1 is 1.00 bits per heavy atom. The minimum atomic E-state index is -3.58. The van der Waals surface area contributed by atoms with E-state index in [1.54, 1.807) is 23.1 Å². The van der Waals surface area contributed by atoms with E-state index in [-0.39, 0.29) is 40.8 Å². The summed E-state index contributed by atoms with van der Waals surface area (Å²) in [5.74, 6) is -0.173. The average molecular weight is 453 g/mol. The summed E-state index contributed by atoms with van der Waals surface area (Å²) >= 11 is 0. The van der Waals surface area contributed by atoms with Gasteiger partial charge in [-0.2, -0.15) is 0 Å². The van der Waals surface area contributed by atoms with Gasteiger partial charge in [0.1, 0.15) is 0 Å². The highest BCUT2D eigenvalue weighted by Gasteiger charge is 2.36. The Morgan fingerprint density at radius 3 is 2.62 bits per heavy atom. The molecule has 0 bridgehead atoms. The van der Waals surface area contributed by atoms with E-state index >= 15 is 0 Å². The van der Waals surface area contributed by atoms with Crippen molar-refractivity contribution in [2.45, 2.75) is 55.9 Å². The van der Waals surface area contributed by atoms with Crippen LogP contribution in [0.4, 0.5) is 5.69 Å². The van der Waals surface area contributed by atoms with Gasteiger partial charge in [0.15, 0.2) is 9.84 Å². The van der Waals surface area contributed by atoms with Gasteiger partial charge in [-0.15, -0.1) is 0 Å². The van der Waals surface area contributed by atoms with Crippen LogP contribution in [0.5, 0.6) is 0 Å². The topological polar surface area (TPSA) is 83.6 Å². The predicted molar refractivity (Wildman–Crippen MR) is 122 cm³/mol. The number of sulfone groups is 1. The van der Waals surface area contributed by atoms with Crippen LogP contribution in [0.25, 0.3) is 0 Å². The molecule has 7 heteroatoms. The smallest absolute Gasteiger partial charge is 0.230 e. The van der Waals surface area contributed by atoms with Crippen LogP contribution >= 0.6 is 0 Å². The molecule has 2 aromatic rings. The van der Waals surface area contributed by atoms with E-state index in [0.717, 1.165) is 48.9 Å². The molecule has 1 fully saturated rings. The summed E-state index contributed by atoms with van der Waals surface area (Å²) in [7, 11) is -3.58. The summed E-state index contributed by atoms with van der Waals surface area (Å²) in [4.78, 5) is 27.0. The second kappa shape index (κ2) is 8.35. The first-order valence-electron chi connectivity index (χ1n) is 11.5. The highest BCUT2D eigenvalue weighted by atomic mass is 32.2. The van der Waals surface area contributed by atoms with Gasteiger partial charge in [0, 0.05) is 24.6 Å². The van der Waals surface area contributed by atoms with Gasteiger partial charge in [-0.25, -0.2) is 8.42 Å². The van der Waals surface area contributed by atoms with Crippen LogP contribution in [-0.4, -0.2) is 32.5 Å². The maximum absolute atomic E-state index is 12.9. The van der Waals surface area contributed by atoms with E-state index in [2.05, 4.69) is 11.4 Å². The molecule has 0 saturated heterocycles. The quantitative estimate of drug-likeness (QED) is 0.729. The van der Waals surface area contributed by atoms with Gasteiger partial charge in [-0.1, -0.05) is 24.3 Å². The standard InChI is InChI=1S/C25H28N2O4S/c28-24(26-22-7-3-5-17-4-1-2-6-21(17)22)13-15-32(30,31)20-10-11-23-19(16-20)12-14-27(23)25(29)18-8-9-18/h1-2,4,6,10-11,16,18,22H,3,5,7-9,12-15H2,(H,26,28). The average Bonchev–Trinajstić information content (AvgIpc) is 3.56. The molecule has 32 heavy (non-hydrogen) atoms. The highest BCUT2D eigenvalue weighted by molar-refractivity contribution is 7.91. The number of aryl methyl sites for hydroxylation is 1. The normalized spacial score (nSPS) is 19.9. The number of fused-ring (bicyclic) bond motifs is 2. The number of amides is 2. The lowest BCUT2D eigenvalue weighted by Gasteiger charge is -2.26. The first-order valence-corrected chi connectivity index (χ1v) is 13.1. The van der Waals surface area contributed by atoms with E-state index in [4.69, 9.17) is 0 Å². The van der Waals surface area contributed by atoms with Gasteiger partial charge in [0.25, 0.3) is 0 Å². The van der Waals surface area contributed by atoms with E-state index in [1.807, 2.05) is 18.2 Å². The monoisotopic (exact) mass is 452 g/mol. The SMILES string of the molecule is O=C(CCS(=O)(=O)c1ccc2c(c1)CCN2C(=O)C1CC1)NC1CCCc2ccccc21. The molecule has 1 N–H and O–H groups in total. The molecule has 0 spiro atoms. The molecular weight excluding hydrogens is 424 g/mol. The number of hydrogen-bond donors (Lipinski definition) is 1. The molecule has 1 unspecified atom stereocenters. The lowest BCUT2D eigenvalue weighted by molar-refractivity contribution is -0.121. The Morgan fingerprint density at radius 2 is 1.81 bits per heavy atom. The number of rotatable bonds is 6. The minimum absolute atomic E-state index is 0.0508. The zero-order chi connectivity index (χ0) is 22.3. The van der Waals surface area contributed by atoms with E-state index in [1.165, 1.54) is 5.56 Å². The van der Waals surface area contributed by atoms with Crippen molar-refractivity contribution >= 4 is 27.3 Å². The molecule has 168 valence electrons. The van der Waals surface area contributed by atoms with E-state index < -0.39 is 9.84 Å². The summed E-state index contributed by atoms with van der Waals surface area (Å²) in [6.07, 6.45) is 5.39. The van der Waals surface area contributed by atoms with Crippen LogP contribution in [0.1, 0.15) is 54.8 Å². The molecule has 1 atom stereocenters. The Kier molecular flexibility index (Phi) is 5.53. The summed E-state index contributed by atoms with van der Waals surface area (Å²) in [6, 6.07) is 13.1. The van der Waals surface area contributed by atoms with Crippen LogP contribution in [-0.2, 0) is 32.3 Å². The summed E-state index contributed by atoms with van der Waals surface area (Å²) < 4.78 is 25.8. The van der Waals surface area contributed by atoms with Crippen molar-refractivity contribution in [3.05, 3.63) is 59.2 Å². The Labute approximate surface area is 188 Å². The zero-order valence-electron chi connectivity index (χ0n) is 18.0. The molecule has 1 heterocycles. The minimum Gasteiger partial charge on any atom is -0.349 e. The lowest BCUT2D eigenvalue weighted by atomic mass is 9.88. The summed E-state index contributed by atoms with van der Waals surface area (Å²) in [5, 5.41) is 3.03. The predicted octanol–water partition coefficient (Wildman–Crippen LogP) is 3.34. The van der Waals surface area contributed by atoms with Crippen molar-refractivity contribution in [3.8, 4) is 0 Å². The van der Waals surface area contributed by atoms with Crippen LogP contribution in [0, 0.1) is 5.92 Å². The number of nitrogens with one attached hydrogen (secondary N) is 1. The second-order valence-electron chi connectivity index (χ2n) is 9.08. The second-order valence-corrected chi connectivity index (χ2v) is 11.2. The number of benzene rings is 2. The van der Waals surface area contributed by atoms with Crippen molar-refractivity contribution in [2.24, 2.45) is 5.92 Å². The molecule has 6 nitrogen and oxygen atoms in total. The van der Waals surface area contributed by atoms with Crippen LogP contribution < -0.4 is 10.2 Å². The molecule has 0 radical (unpaired) electrons. The van der Waals surface area contributed by atoms with Gasteiger partial charge in [-0.3, -0.25) is 9.59 Å². The Balaban J connectivity index is 1.22. The van der Waals surface area contributed by atoms with Crippen molar-refractivity contribution in [2.75, 3.05) is 17.2 Å². The first kappa shape index (κ1) is 21.2. The van der Waals surface area contributed by atoms with E-state index in [9.17, 15) is 18.0 Å². The third kappa shape index (κ3) is 4.18. The highest BCUT2D eigenvalue weighted by Crippen LogP contribution is 2.37. The van der Waals surface area contributed by atoms with Crippen molar-refractivity contribution in [1.29, 1.82) is 0 Å². The zero-order valence-corrected chi connectivity index (χ0v) is 18.9. The maximum atomic E-state index is 12.9. The molecule has 2 aromatic carbocycles. The number of carbonyl (C=O) groups is 2.